The quantitative estimate of drug-likeness (QED) is 0.649. The third-order valence-electron chi connectivity index (χ3n) is 1.27. The molecule has 0 aliphatic heterocycles. The highest BCUT2D eigenvalue weighted by molar-refractivity contribution is 5.16. The largest absolute Gasteiger partial charge is 0.493 e. The number of aromatic nitrogens is 1. The summed E-state index contributed by atoms with van der Waals surface area (Å²) in [6, 6.07) is 3.66. The zero-order valence-electron chi connectivity index (χ0n) is 6.36. The van der Waals surface area contributed by atoms with Crippen molar-refractivity contribution < 1.29 is 4.74 Å². The first kappa shape index (κ1) is 8.01. The van der Waals surface area contributed by atoms with Gasteiger partial charge in [0, 0.05) is 12.4 Å². The molecule has 3 nitrogen and oxygen atoms in total. The number of nitrogens with two attached hydrogens (primary N) is 1. The first-order chi connectivity index (χ1) is 5.43. The normalized spacial score (nSPS) is 9.55. The molecule has 0 aromatic carbocycles. The van der Waals surface area contributed by atoms with Gasteiger partial charge in [-0.25, -0.2) is 0 Å². The Morgan fingerprint density at radius 1 is 1.36 bits per heavy atom. The Morgan fingerprint density at radius 2 is 2.09 bits per heavy atom. The van der Waals surface area contributed by atoms with Crippen LogP contribution >= 0.6 is 0 Å². The number of rotatable bonds is 4. The van der Waals surface area contributed by atoms with Crippen LogP contribution in [0.1, 0.15) is 6.42 Å². The average molecular weight is 152 g/mol. The van der Waals surface area contributed by atoms with Gasteiger partial charge in [0.2, 0.25) is 0 Å². The fraction of sp³-hybridized carbons (Fsp3) is 0.375. The summed E-state index contributed by atoms with van der Waals surface area (Å²) in [6.45, 7) is 1.35. The van der Waals surface area contributed by atoms with Crippen molar-refractivity contribution in [2.45, 2.75) is 6.42 Å². The van der Waals surface area contributed by atoms with E-state index in [-0.39, 0.29) is 0 Å². The van der Waals surface area contributed by atoms with Gasteiger partial charge in [0.05, 0.1) is 6.61 Å². The summed E-state index contributed by atoms with van der Waals surface area (Å²) in [5, 5.41) is 0. The highest BCUT2D eigenvalue weighted by Gasteiger charge is 1.89. The van der Waals surface area contributed by atoms with Crippen LogP contribution in [0.15, 0.2) is 24.5 Å². The standard InChI is InChI=1S/C8H12N2O/c9-4-1-7-11-8-2-5-10-6-3-8/h2-3,5-6H,1,4,7,9H2. The van der Waals surface area contributed by atoms with Crippen LogP contribution in [-0.2, 0) is 0 Å². The molecule has 1 heterocycles. The zero-order chi connectivity index (χ0) is 7.94. The lowest BCUT2D eigenvalue weighted by Crippen LogP contribution is -2.05. The molecule has 0 spiro atoms. The lowest BCUT2D eigenvalue weighted by molar-refractivity contribution is 0.313. The third-order valence-corrected chi connectivity index (χ3v) is 1.27. The van der Waals surface area contributed by atoms with Gasteiger partial charge in [-0.2, -0.15) is 0 Å². The highest BCUT2D eigenvalue weighted by atomic mass is 16.5. The first-order valence-electron chi connectivity index (χ1n) is 3.66. The molecule has 1 aromatic rings. The van der Waals surface area contributed by atoms with Gasteiger partial charge in [-0.05, 0) is 25.1 Å². The summed E-state index contributed by atoms with van der Waals surface area (Å²) in [6.07, 6.45) is 4.30. The van der Waals surface area contributed by atoms with Crippen LogP contribution in [0.3, 0.4) is 0 Å². The van der Waals surface area contributed by atoms with Gasteiger partial charge in [0.1, 0.15) is 5.75 Å². The van der Waals surface area contributed by atoms with Crippen LogP contribution in [0.4, 0.5) is 0 Å². The van der Waals surface area contributed by atoms with Crippen LogP contribution in [-0.4, -0.2) is 18.1 Å². The molecule has 0 radical (unpaired) electrons. The van der Waals surface area contributed by atoms with Crippen LogP contribution in [0.2, 0.25) is 0 Å². The minimum atomic E-state index is 0.672. The molecule has 0 fully saturated rings. The number of nitrogens with zero attached hydrogens (tertiary/aromatic N) is 1. The van der Waals surface area contributed by atoms with Gasteiger partial charge >= 0.3 is 0 Å². The van der Waals surface area contributed by atoms with Crippen molar-refractivity contribution in [1.29, 1.82) is 0 Å². The van der Waals surface area contributed by atoms with Gasteiger partial charge in [-0.15, -0.1) is 0 Å². The molecular formula is C8H12N2O. The molecule has 3 heteroatoms. The Kier molecular flexibility index (Phi) is 3.41. The Morgan fingerprint density at radius 3 is 2.73 bits per heavy atom. The molecule has 0 unspecified atom stereocenters. The molecule has 1 rings (SSSR count). The number of hydrogen-bond acceptors (Lipinski definition) is 3. The molecule has 2 N–H and O–H groups in total. The maximum atomic E-state index is 5.33. The van der Waals surface area contributed by atoms with E-state index in [0.29, 0.717) is 13.2 Å². The second-order valence-corrected chi connectivity index (χ2v) is 2.17. The zero-order valence-corrected chi connectivity index (χ0v) is 6.36. The van der Waals surface area contributed by atoms with E-state index in [0.717, 1.165) is 12.2 Å². The summed E-state index contributed by atoms with van der Waals surface area (Å²) in [5.74, 6) is 0.855. The third kappa shape index (κ3) is 3.00. The summed E-state index contributed by atoms with van der Waals surface area (Å²) >= 11 is 0. The van der Waals surface area contributed by atoms with Crippen molar-refractivity contribution in [3.8, 4) is 5.75 Å². The van der Waals surface area contributed by atoms with Gasteiger partial charge in [0.25, 0.3) is 0 Å². The van der Waals surface area contributed by atoms with E-state index in [2.05, 4.69) is 4.98 Å². The van der Waals surface area contributed by atoms with Gasteiger partial charge in [0.15, 0.2) is 0 Å². The fourth-order valence-electron chi connectivity index (χ4n) is 0.708. The van der Waals surface area contributed by atoms with Gasteiger partial charge < -0.3 is 10.5 Å². The minimum absolute atomic E-state index is 0.672. The molecule has 60 valence electrons. The second-order valence-electron chi connectivity index (χ2n) is 2.17. The average Bonchev–Trinajstić information content (AvgIpc) is 2.07. The number of hydrogen-bond donors (Lipinski definition) is 1. The van der Waals surface area contributed by atoms with Gasteiger partial charge in [-0.3, -0.25) is 4.98 Å². The topological polar surface area (TPSA) is 48.1 Å². The molecule has 1 aromatic heterocycles. The Labute approximate surface area is 66.2 Å². The van der Waals surface area contributed by atoms with Gasteiger partial charge in [-0.1, -0.05) is 0 Å². The van der Waals surface area contributed by atoms with E-state index < -0.39 is 0 Å². The van der Waals surface area contributed by atoms with Crippen molar-refractivity contribution in [2.24, 2.45) is 5.73 Å². The number of ether oxygens (including phenoxy) is 1. The lowest BCUT2D eigenvalue weighted by atomic mass is 10.4. The molecule has 0 atom stereocenters. The van der Waals surface area contributed by atoms with Crippen LogP contribution in [0.5, 0.6) is 5.75 Å². The molecule has 0 bridgehead atoms. The van der Waals surface area contributed by atoms with E-state index in [4.69, 9.17) is 10.5 Å². The van der Waals surface area contributed by atoms with Crippen LogP contribution < -0.4 is 10.5 Å². The minimum Gasteiger partial charge on any atom is -0.493 e. The molecular weight excluding hydrogens is 140 g/mol. The summed E-state index contributed by atoms with van der Waals surface area (Å²) in [5.41, 5.74) is 5.30. The van der Waals surface area contributed by atoms with Crippen molar-refractivity contribution in [1.82, 2.24) is 4.98 Å². The highest BCUT2D eigenvalue weighted by Crippen LogP contribution is 2.06. The van der Waals surface area contributed by atoms with Crippen molar-refractivity contribution in [2.75, 3.05) is 13.2 Å². The van der Waals surface area contributed by atoms with E-state index in [1.807, 2.05) is 12.1 Å². The van der Waals surface area contributed by atoms with Crippen molar-refractivity contribution in [3.05, 3.63) is 24.5 Å². The molecule has 0 aliphatic carbocycles. The molecule has 0 amide bonds. The maximum Gasteiger partial charge on any atom is 0.122 e. The van der Waals surface area contributed by atoms with Crippen LogP contribution in [0, 0.1) is 0 Å². The second kappa shape index (κ2) is 4.68. The Bertz CT molecular complexity index is 189. The summed E-state index contributed by atoms with van der Waals surface area (Å²) in [7, 11) is 0. The summed E-state index contributed by atoms with van der Waals surface area (Å²) in [4.78, 5) is 3.87. The maximum absolute atomic E-state index is 5.33. The van der Waals surface area contributed by atoms with E-state index in [1.165, 1.54) is 0 Å². The Hall–Kier alpha value is -1.09. The number of pyridine rings is 1. The molecule has 0 saturated heterocycles. The van der Waals surface area contributed by atoms with E-state index in [9.17, 15) is 0 Å². The van der Waals surface area contributed by atoms with Crippen molar-refractivity contribution >= 4 is 0 Å². The molecule has 0 aliphatic rings. The van der Waals surface area contributed by atoms with Crippen molar-refractivity contribution in [3.63, 3.8) is 0 Å². The molecule has 0 saturated carbocycles. The first-order valence-corrected chi connectivity index (χ1v) is 3.66. The predicted molar refractivity (Wildman–Crippen MR) is 43.4 cm³/mol. The smallest absolute Gasteiger partial charge is 0.122 e. The molecule has 11 heavy (non-hydrogen) atoms. The predicted octanol–water partition coefficient (Wildman–Crippen LogP) is 0.809. The van der Waals surface area contributed by atoms with Crippen LogP contribution in [0.25, 0.3) is 0 Å². The van der Waals surface area contributed by atoms with E-state index >= 15 is 0 Å². The SMILES string of the molecule is NCCCOc1ccncc1. The summed E-state index contributed by atoms with van der Waals surface area (Å²) < 4.78 is 5.33. The monoisotopic (exact) mass is 152 g/mol. The van der Waals surface area contributed by atoms with E-state index in [1.54, 1.807) is 12.4 Å². The lowest BCUT2D eigenvalue weighted by Gasteiger charge is -2.02. The fourth-order valence-corrected chi connectivity index (χ4v) is 0.708. The Balaban J connectivity index is 2.28.